The largest absolute Gasteiger partial charge is 0.268 e. The Labute approximate surface area is 127 Å². The number of rotatable bonds is 4. The first-order chi connectivity index (χ1) is 10.0. The molecule has 0 N–H and O–H groups in total. The number of para-hydroxylation sites is 1. The average Bonchev–Trinajstić information content (AvgIpc) is 2.49. The molecule has 0 radical (unpaired) electrons. The van der Waals surface area contributed by atoms with Gasteiger partial charge in [-0.05, 0) is 38.1 Å². The van der Waals surface area contributed by atoms with E-state index in [-0.39, 0.29) is 5.91 Å². The lowest BCUT2D eigenvalue weighted by molar-refractivity contribution is -0.113. The summed E-state index contributed by atoms with van der Waals surface area (Å²) in [7, 11) is -1.61. The highest BCUT2D eigenvalue weighted by molar-refractivity contribution is 7.87. The van der Waals surface area contributed by atoms with Crippen molar-refractivity contribution in [3.63, 3.8) is 0 Å². The molecule has 2 aromatic rings. The fourth-order valence-corrected chi connectivity index (χ4v) is 2.98. The second kappa shape index (κ2) is 6.50. The lowest BCUT2D eigenvalue weighted by Crippen LogP contribution is -2.33. The van der Waals surface area contributed by atoms with Gasteiger partial charge in [-0.2, -0.15) is 0 Å². The summed E-state index contributed by atoms with van der Waals surface area (Å²) in [6.45, 7) is 7.24. The molecule has 2 aromatic carbocycles. The van der Waals surface area contributed by atoms with Crippen LogP contribution >= 0.6 is 0 Å². The van der Waals surface area contributed by atoms with Gasteiger partial charge in [0.1, 0.15) is 0 Å². The van der Waals surface area contributed by atoms with E-state index in [9.17, 15) is 9.00 Å². The molecule has 0 spiro atoms. The first-order valence-electron chi connectivity index (χ1n) is 6.54. The van der Waals surface area contributed by atoms with Gasteiger partial charge in [-0.15, -0.1) is 0 Å². The van der Waals surface area contributed by atoms with Crippen LogP contribution in [0, 0.1) is 6.92 Å². The molecule has 3 nitrogen and oxygen atoms in total. The number of carbonyl (C=O) groups is 1. The van der Waals surface area contributed by atoms with Crippen LogP contribution in [0.25, 0.3) is 0 Å². The number of anilines is 1. The molecule has 108 valence electrons. The quantitative estimate of drug-likeness (QED) is 0.809. The summed E-state index contributed by atoms with van der Waals surface area (Å²) in [5.74, 6) is -0.347. The Hall–Kier alpha value is -2.20. The summed E-state index contributed by atoms with van der Waals surface area (Å²) in [5, 5.41) is 0. The molecule has 0 saturated heterocycles. The minimum absolute atomic E-state index is 0.347. The standard InChI is InChI=1S/C17H17NO2S/c1-13(2)17(19)18(15-7-5-4-6-8-15)21(20)16-11-9-14(3)10-12-16/h4-12H,1H2,2-3H3/t21-/m0/s1. The molecular formula is C17H17NO2S. The van der Waals surface area contributed by atoms with E-state index >= 15 is 0 Å². The SMILES string of the molecule is C=C(C)C(=O)N(c1ccccc1)[S@@](=O)c1ccc(C)cc1. The number of carbonyl (C=O) groups excluding carboxylic acids is 1. The van der Waals surface area contributed by atoms with E-state index < -0.39 is 11.0 Å². The Morgan fingerprint density at radius 1 is 1.05 bits per heavy atom. The summed E-state index contributed by atoms with van der Waals surface area (Å²) in [6.07, 6.45) is 0. The van der Waals surface area contributed by atoms with Crippen LogP contribution in [-0.4, -0.2) is 10.1 Å². The second-order valence-electron chi connectivity index (χ2n) is 4.78. The van der Waals surface area contributed by atoms with Crippen molar-refractivity contribution in [1.29, 1.82) is 0 Å². The van der Waals surface area contributed by atoms with Crippen molar-refractivity contribution < 1.29 is 9.00 Å². The van der Waals surface area contributed by atoms with Gasteiger partial charge in [0.25, 0.3) is 5.91 Å². The van der Waals surface area contributed by atoms with Gasteiger partial charge < -0.3 is 0 Å². The first kappa shape index (κ1) is 15.2. The minimum Gasteiger partial charge on any atom is -0.268 e. The Balaban J connectivity index is 2.45. The van der Waals surface area contributed by atoms with Crippen LogP contribution in [0.4, 0.5) is 5.69 Å². The van der Waals surface area contributed by atoms with Crippen molar-refractivity contribution in [3.05, 3.63) is 72.3 Å². The highest BCUT2D eigenvalue weighted by Gasteiger charge is 2.23. The maximum atomic E-state index is 12.8. The zero-order valence-corrected chi connectivity index (χ0v) is 12.9. The molecule has 0 aliphatic rings. The summed E-state index contributed by atoms with van der Waals surface area (Å²) < 4.78 is 14.0. The van der Waals surface area contributed by atoms with Gasteiger partial charge >= 0.3 is 0 Å². The third-order valence-electron chi connectivity index (χ3n) is 2.93. The Kier molecular flexibility index (Phi) is 4.70. The molecule has 1 amide bonds. The molecular weight excluding hydrogens is 282 g/mol. The van der Waals surface area contributed by atoms with E-state index in [1.54, 1.807) is 43.3 Å². The molecule has 0 aliphatic carbocycles. The molecule has 0 fully saturated rings. The van der Waals surface area contributed by atoms with Crippen molar-refractivity contribution in [1.82, 2.24) is 0 Å². The first-order valence-corrected chi connectivity index (χ1v) is 7.65. The normalized spacial score (nSPS) is 11.7. The molecule has 0 aliphatic heterocycles. The fraction of sp³-hybridized carbons (Fsp3) is 0.118. The smallest absolute Gasteiger partial charge is 0.265 e. The van der Waals surface area contributed by atoms with E-state index in [1.165, 1.54) is 4.31 Å². The van der Waals surface area contributed by atoms with Crippen LogP contribution in [0.1, 0.15) is 12.5 Å². The number of aryl methyl sites for hydroxylation is 1. The highest BCUT2D eigenvalue weighted by Crippen LogP contribution is 2.22. The third kappa shape index (κ3) is 3.47. The highest BCUT2D eigenvalue weighted by atomic mass is 32.2. The number of hydrogen-bond donors (Lipinski definition) is 0. The van der Waals surface area contributed by atoms with E-state index in [0.717, 1.165) is 5.56 Å². The van der Waals surface area contributed by atoms with Gasteiger partial charge in [-0.1, -0.05) is 42.5 Å². The molecule has 0 saturated carbocycles. The van der Waals surface area contributed by atoms with Gasteiger partial charge in [-0.3, -0.25) is 4.79 Å². The summed E-state index contributed by atoms with van der Waals surface area (Å²) >= 11 is 0. The predicted octanol–water partition coefficient (Wildman–Crippen LogP) is 3.63. The minimum atomic E-state index is -1.61. The van der Waals surface area contributed by atoms with E-state index in [4.69, 9.17) is 0 Å². The monoisotopic (exact) mass is 299 g/mol. The molecule has 21 heavy (non-hydrogen) atoms. The van der Waals surface area contributed by atoms with Gasteiger partial charge in [0.2, 0.25) is 0 Å². The molecule has 4 heteroatoms. The molecule has 0 bridgehead atoms. The van der Waals surface area contributed by atoms with Gasteiger partial charge in [0, 0.05) is 5.57 Å². The van der Waals surface area contributed by atoms with Gasteiger partial charge in [0.05, 0.1) is 10.6 Å². The number of benzene rings is 2. The topological polar surface area (TPSA) is 37.4 Å². The lowest BCUT2D eigenvalue weighted by Gasteiger charge is -2.21. The van der Waals surface area contributed by atoms with Crippen LogP contribution in [0.5, 0.6) is 0 Å². The summed E-state index contributed by atoms with van der Waals surface area (Å²) in [4.78, 5) is 12.9. The third-order valence-corrected chi connectivity index (χ3v) is 4.31. The predicted molar refractivity (Wildman–Crippen MR) is 86.3 cm³/mol. The maximum Gasteiger partial charge on any atom is 0.265 e. The van der Waals surface area contributed by atoms with Gasteiger partial charge in [0.15, 0.2) is 11.0 Å². The van der Waals surface area contributed by atoms with E-state index in [0.29, 0.717) is 16.2 Å². The summed E-state index contributed by atoms with van der Waals surface area (Å²) in [5.41, 5.74) is 2.01. The van der Waals surface area contributed by atoms with Crippen molar-refractivity contribution >= 4 is 22.6 Å². The van der Waals surface area contributed by atoms with Crippen molar-refractivity contribution in [3.8, 4) is 0 Å². The molecule has 0 unspecified atom stereocenters. The Morgan fingerprint density at radius 3 is 2.14 bits per heavy atom. The molecule has 2 rings (SSSR count). The molecule has 0 heterocycles. The maximum absolute atomic E-state index is 12.8. The van der Waals surface area contributed by atoms with Crippen molar-refractivity contribution in [2.75, 3.05) is 4.31 Å². The molecule has 0 aromatic heterocycles. The van der Waals surface area contributed by atoms with Crippen molar-refractivity contribution in [2.45, 2.75) is 18.7 Å². The number of amides is 1. The fourth-order valence-electron chi connectivity index (χ4n) is 1.79. The van der Waals surface area contributed by atoms with Crippen LogP contribution in [0.3, 0.4) is 0 Å². The van der Waals surface area contributed by atoms with E-state index in [2.05, 4.69) is 6.58 Å². The average molecular weight is 299 g/mol. The Bertz CT molecular complexity index is 678. The van der Waals surface area contributed by atoms with Crippen LogP contribution in [0.2, 0.25) is 0 Å². The van der Waals surface area contributed by atoms with E-state index in [1.807, 2.05) is 25.1 Å². The Morgan fingerprint density at radius 2 is 1.62 bits per heavy atom. The van der Waals surface area contributed by atoms with Crippen LogP contribution < -0.4 is 4.31 Å². The lowest BCUT2D eigenvalue weighted by atomic mass is 10.2. The van der Waals surface area contributed by atoms with Crippen molar-refractivity contribution in [2.24, 2.45) is 0 Å². The van der Waals surface area contributed by atoms with Gasteiger partial charge in [-0.25, -0.2) is 8.51 Å². The zero-order valence-electron chi connectivity index (χ0n) is 12.1. The zero-order chi connectivity index (χ0) is 15.4. The van der Waals surface area contributed by atoms with Crippen LogP contribution in [0.15, 0.2) is 71.6 Å². The number of nitrogens with zero attached hydrogens (tertiary/aromatic N) is 1. The number of hydrogen-bond acceptors (Lipinski definition) is 2. The molecule has 1 atom stereocenters. The van der Waals surface area contributed by atoms with Crippen LogP contribution in [-0.2, 0) is 15.8 Å². The summed E-state index contributed by atoms with van der Waals surface area (Å²) in [6, 6.07) is 16.3. The second-order valence-corrected chi connectivity index (χ2v) is 6.11.